The smallest absolute Gasteiger partial charge is 0.338 e. The number of nitrogens with one attached hydrogen (secondary N) is 1. The Morgan fingerprint density at radius 1 is 1.10 bits per heavy atom. The molecule has 0 bridgehead atoms. The van der Waals surface area contributed by atoms with E-state index in [1.54, 1.807) is 49.4 Å². The average Bonchev–Trinajstić information content (AvgIpc) is 3.22. The van der Waals surface area contributed by atoms with E-state index in [9.17, 15) is 14.9 Å². The quantitative estimate of drug-likeness (QED) is 0.358. The first-order chi connectivity index (χ1) is 14.5. The number of para-hydroxylation sites is 1. The van der Waals surface area contributed by atoms with Crippen LogP contribution in [-0.2, 0) is 9.53 Å². The summed E-state index contributed by atoms with van der Waals surface area (Å²) in [6, 6.07) is 19.4. The van der Waals surface area contributed by atoms with Gasteiger partial charge in [0.25, 0.3) is 5.91 Å². The third-order valence-electron chi connectivity index (χ3n) is 4.35. The lowest BCUT2D eigenvalue weighted by atomic mass is 10.1. The first kappa shape index (κ1) is 20.6. The van der Waals surface area contributed by atoms with Crippen LogP contribution in [0, 0.1) is 18.3 Å². The van der Waals surface area contributed by atoms with Crippen LogP contribution in [-0.4, -0.2) is 18.5 Å². The summed E-state index contributed by atoms with van der Waals surface area (Å²) >= 11 is 0. The summed E-state index contributed by atoms with van der Waals surface area (Å²) in [5, 5.41) is 12.1. The fourth-order valence-corrected chi connectivity index (χ4v) is 2.76. The van der Waals surface area contributed by atoms with Gasteiger partial charge in [-0.2, -0.15) is 5.26 Å². The van der Waals surface area contributed by atoms with Crippen LogP contribution in [0.15, 0.2) is 70.7 Å². The van der Waals surface area contributed by atoms with E-state index in [1.165, 1.54) is 6.08 Å². The zero-order valence-corrected chi connectivity index (χ0v) is 16.6. The van der Waals surface area contributed by atoms with Crippen molar-refractivity contribution in [2.75, 3.05) is 11.9 Å². The highest BCUT2D eigenvalue weighted by Crippen LogP contribution is 2.24. The molecule has 0 radical (unpaired) electrons. The highest BCUT2D eigenvalue weighted by Gasteiger charge is 2.13. The third kappa shape index (κ3) is 4.83. The Morgan fingerprint density at radius 3 is 2.50 bits per heavy atom. The van der Waals surface area contributed by atoms with Gasteiger partial charge < -0.3 is 14.5 Å². The van der Waals surface area contributed by atoms with Gasteiger partial charge in [0.2, 0.25) is 0 Å². The maximum Gasteiger partial charge on any atom is 0.338 e. The van der Waals surface area contributed by atoms with Gasteiger partial charge in [0, 0.05) is 17.3 Å². The molecule has 0 saturated heterocycles. The second kappa shape index (κ2) is 9.39. The predicted octanol–water partition coefficient (Wildman–Crippen LogP) is 4.98. The number of anilines is 1. The molecule has 150 valence electrons. The van der Waals surface area contributed by atoms with Crippen molar-refractivity contribution in [1.29, 1.82) is 5.26 Å². The predicted molar refractivity (Wildman–Crippen MR) is 113 cm³/mol. The Morgan fingerprint density at radius 2 is 1.83 bits per heavy atom. The Bertz CT molecular complexity index is 1130. The van der Waals surface area contributed by atoms with E-state index in [4.69, 9.17) is 9.15 Å². The molecule has 0 fully saturated rings. The zero-order chi connectivity index (χ0) is 21.5. The number of carbonyl (C=O) groups is 2. The zero-order valence-electron chi connectivity index (χ0n) is 16.6. The van der Waals surface area contributed by atoms with Crippen LogP contribution in [0.3, 0.4) is 0 Å². The molecule has 0 atom stereocenters. The lowest BCUT2D eigenvalue weighted by Gasteiger charge is -2.06. The Kier molecular flexibility index (Phi) is 6.46. The maximum absolute atomic E-state index is 12.4. The van der Waals surface area contributed by atoms with E-state index in [2.05, 4.69) is 5.32 Å². The molecule has 1 aromatic heterocycles. The molecule has 2 aromatic carbocycles. The molecule has 1 heterocycles. The van der Waals surface area contributed by atoms with Crippen molar-refractivity contribution in [1.82, 2.24) is 0 Å². The molecule has 3 rings (SSSR count). The maximum atomic E-state index is 12.4. The molecule has 30 heavy (non-hydrogen) atoms. The molecule has 0 saturated carbocycles. The van der Waals surface area contributed by atoms with Crippen LogP contribution in [0.4, 0.5) is 5.69 Å². The largest absolute Gasteiger partial charge is 0.462 e. The standard InChI is InChI=1S/C24H20N2O4/c1-3-29-24(28)18-10-8-17(9-11-18)22-13-12-20(30-22)14-19(15-25)23(27)26-21-7-5-4-6-16(21)2/h4-14H,3H2,1-2H3,(H,26,27)/b19-14-. The second-order valence-corrected chi connectivity index (χ2v) is 6.44. The van der Waals surface area contributed by atoms with Gasteiger partial charge in [0.05, 0.1) is 12.2 Å². The molecule has 1 N–H and O–H groups in total. The minimum absolute atomic E-state index is 0.0724. The normalized spacial score (nSPS) is 10.9. The Hall–Kier alpha value is -4.11. The molecular formula is C24H20N2O4. The van der Waals surface area contributed by atoms with Gasteiger partial charge in [-0.3, -0.25) is 4.79 Å². The fourth-order valence-electron chi connectivity index (χ4n) is 2.76. The Balaban J connectivity index is 1.76. The summed E-state index contributed by atoms with van der Waals surface area (Å²) < 4.78 is 10.7. The van der Waals surface area contributed by atoms with Gasteiger partial charge in [0.1, 0.15) is 23.2 Å². The van der Waals surface area contributed by atoms with Crippen molar-refractivity contribution in [3.63, 3.8) is 0 Å². The number of hydrogen-bond donors (Lipinski definition) is 1. The number of ether oxygens (including phenoxy) is 1. The van der Waals surface area contributed by atoms with E-state index in [0.717, 1.165) is 11.1 Å². The van der Waals surface area contributed by atoms with Crippen molar-refractivity contribution in [3.8, 4) is 17.4 Å². The van der Waals surface area contributed by atoms with E-state index in [-0.39, 0.29) is 11.5 Å². The summed E-state index contributed by atoms with van der Waals surface area (Å²) in [6.07, 6.45) is 1.39. The van der Waals surface area contributed by atoms with Gasteiger partial charge in [-0.05, 0) is 49.7 Å². The minimum Gasteiger partial charge on any atom is -0.462 e. The lowest BCUT2D eigenvalue weighted by molar-refractivity contribution is -0.112. The van der Waals surface area contributed by atoms with Crippen molar-refractivity contribution >= 4 is 23.6 Å². The van der Waals surface area contributed by atoms with E-state index in [1.807, 2.05) is 31.2 Å². The van der Waals surface area contributed by atoms with Crippen molar-refractivity contribution < 1.29 is 18.7 Å². The van der Waals surface area contributed by atoms with Crippen molar-refractivity contribution in [2.24, 2.45) is 0 Å². The number of carbonyl (C=O) groups excluding carboxylic acids is 2. The van der Waals surface area contributed by atoms with E-state index >= 15 is 0 Å². The summed E-state index contributed by atoms with van der Waals surface area (Å²) in [7, 11) is 0. The highest BCUT2D eigenvalue weighted by molar-refractivity contribution is 6.09. The second-order valence-electron chi connectivity index (χ2n) is 6.44. The lowest BCUT2D eigenvalue weighted by Crippen LogP contribution is -2.14. The highest BCUT2D eigenvalue weighted by atomic mass is 16.5. The summed E-state index contributed by atoms with van der Waals surface area (Å²) in [4.78, 5) is 24.2. The third-order valence-corrected chi connectivity index (χ3v) is 4.35. The summed E-state index contributed by atoms with van der Waals surface area (Å²) in [6.45, 7) is 3.94. The molecule has 1 amide bonds. The minimum atomic E-state index is -0.511. The SMILES string of the molecule is CCOC(=O)c1ccc(-c2ccc(/C=C(/C#N)C(=O)Nc3ccccc3C)o2)cc1. The van der Waals surface area contributed by atoms with Gasteiger partial charge in [-0.1, -0.05) is 30.3 Å². The van der Waals surface area contributed by atoms with Crippen LogP contribution < -0.4 is 5.32 Å². The number of benzene rings is 2. The van der Waals surface area contributed by atoms with Gasteiger partial charge in [-0.15, -0.1) is 0 Å². The average molecular weight is 400 g/mol. The van der Waals surface area contributed by atoms with Gasteiger partial charge in [-0.25, -0.2) is 4.79 Å². The number of nitriles is 1. The molecule has 0 spiro atoms. The van der Waals surface area contributed by atoms with E-state index in [0.29, 0.717) is 29.4 Å². The molecule has 3 aromatic rings. The first-order valence-corrected chi connectivity index (χ1v) is 9.38. The number of rotatable bonds is 6. The van der Waals surface area contributed by atoms with Crippen molar-refractivity contribution in [2.45, 2.75) is 13.8 Å². The topological polar surface area (TPSA) is 92.3 Å². The van der Waals surface area contributed by atoms with Gasteiger partial charge in [0.15, 0.2) is 0 Å². The fraction of sp³-hybridized carbons (Fsp3) is 0.125. The van der Waals surface area contributed by atoms with Crippen LogP contribution in [0.2, 0.25) is 0 Å². The summed E-state index contributed by atoms with van der Waals surface area (Å²) in [5.74, 6) is 0.0261. The number of amides is 1. The number of hydrogen-bond acceptors (Lipinski definition) is 5. The summed E-state index contributed by atoms with van der Waals surface area (Å²) in [5.41, 5.74) is 2.68. The van der Waals surface area contributed by atoms with E-state index < -0.39 is 5.91 Å². The monoisotopic (exact) mass is 400 g/mol. The number of esters is 1. The van der Waals surface area contributed by atoms with Crippen LogP contribution in [0.25, 0.3) is 17.4 Å². The van der Waals surface area contributed by atoms with Gasteiger partial charge >= 0.3 is 5.97 Å². The van der Waals surface area contributed by atoms with Crippen LogP contribution in [0.1, 0.15) is 28.6 Å². The number of aryl methyl sites for hydroxylation is 1. The first-order valence-electron chi connectivity index (χ1n) is 9.38. The molecule has 0 aliphatic heterocycles. The molecule has 0 unspecified atom stereocenters. The number of nitrogens with zero attached hydrogens (tertiary/aromatic N) is 1. The molecule has 6 heteroatoms. The van der Waals surface area contributed by atoms with Crippen LogP contribution >= 0.6 is 0 Å². The molecular weight excluding hydrogens is 380 g/mol. The van der Waals surface area contributed by atoms with Crippen LogP contribution in [0.5, 0.6) is 0 Å². The molecule has 6 nitrogen and oxygen atoms in total. The Labute approximate surface area is 174 Å². The molecule has 0 aliphatic rings. The van der Waals surface area contributed by atoms with Crippen molar-refractivity contribution in [3.05, 3.63) is 83.1 Å². The molecule has 0 aliphatic carbocycles. The number of furan rings is 1.